The fourth-order valence-electron chi connectivity index (χ4n) is 3.99. The van der Waals surface area contributed by atoms with Crippen LogP contribution in [0.25, 0.3) is 5.65 Å². The van der Waals surface area contributed by atoms with Crippen LogP contribution < -0.4 is 0 Å². The van der Waals surface area contributed by atoms with E-state index in [-0.39, 0.29) is 24.3 Å². The molecular formula is C17H22N4O3S. The van der Waals surface area contributed by atoms with E-state index in [1.54, 1.807) is 6.20 Å². The first kappa shape index (κ1) is 16.5. The van der Waals surface area contributed by atoms with E-state index >= 15 is 0 Å². The second kappa shape index (κ2) is 6.10. The number of hydrogen-bond donors (Lipinski definition) is 0. The van der Waals surface area contributed by atoms with Crippen molar-refractivity contribution in [3.8, 4) is 0 Å². The number of rotatable bonds is 3. The van der Waals surface area contributed by atoms with Crippen LogP contribution in [0.4, 0.5) is 0 Å². The highest BCUT2D eigenvalue weighted by Crippen LogP contribution is 2.29. The molecule has 0 unspecified atom stereocenters. The molecule has 134 valence electrons. The summed E-state index contributed by atoms with van der Waals surface area (Å²) < 4.78 is 27.4. The summed E-state index contributed by atoms with van der Waals surface area (Å²) in [6.07, 6.45) is 7.04. The van der Waals surface area contributed by atoms with Crippen LogP contribution in [0.15, 0.2) is 30.6 Å². The lowest BCUT2D eigenvalue weighted by molar-refractivity contribution is -0.134. The van der Waals surface area contributed by atoms with E-state index < -0.39 is 10.0 Å². The molecule has 3 fully saturated rings. The SMILES string of the molecule is CS(=O)(=O)N1C[C@@H]2CC[C@H](C1)N(C(=O)Cc1cnc3ccccn13)C2. The van der Waals surface area contributed by atoms with Crippen molar-refractivity contribution in [3.05, 3.63) is 36.3 Å². The number of hydrogen-bond acceptors (Lipinski definition) is 4. The average Bonchev–Trinajstić information content (AvgIpc) is 2.76. The van der Waals surface area contributed by atoms with Gasteiger partial charge in [-0.3, -0.25) is 4.79 Å². The maximum Gasteiger partial charge on any atom is 0.228 e. The van der Waals surface area contributed by atoms with E-state index in [1.807, 2.05) is 33.7 Å². The Morgan fingerprint density at radius 1 is 1.24 bits per heavy atom. The van der Waals surface area contributed by atoms with Crippen molar-refractivity contribution in [1.29, 1.82) is 0 Å². The van der Waals surface area contributed by atoms with Gasteiger partial charge in [0.1, 0.15) is 5.65 Å². The quantitative estimate of drug-likeness (QED) is 0.808. The minimum Gasteiger partial charge on any atom is -0.338 e. The van der Waals surface area contributed by atoms with Gasteiger partial charge in [0.2, 0.25) is 15.9 Å². The van der Waals surface area contributed by atoms with Gasteiger partial charge in [0.15, 0.2) is 0 Å². The van der Waals surface area contributed by atoms with Crippen LogP contribution in [0.1, 0.15) is 18.5 Å². The molecule has 3 saturated heterocycles. The minimum atomic E-state index is -3.22. The van der Waals surface area contributed by atoms with Crippen molar-refractivity contribution < 1.29 is 13.2 Å². The van der Waals surface area contributed by atoms with E-state index in [4.69, 9.17) is 0 Å². The molecule has 5 heterocycles. The standard InChI is InChI=1S/C17H22N4O3S/c1-25(23,24)19-10-13-5-6-14(12-19)21(11-13)17(22)8-15-9-18-16-4-2-3-7-20(15)16/h2-4,7,9,13-14H,5-6,8,10-12H2,1H3/t13-,14+/m0/s1. The van der Waals surface area contributed by atoms with Gasteiger partial charge < -0.3 is 9.30 Å². The van der Waals surface area contributed by atoms with Crippen molar-refractivity contribution >= 4 is 21.6 Å². The third kappa shape index (κ3) is 3.16. The number of nitrogens with zero attached hydrogens (tertiary/aromatic N) is 4. The maximum atomic E-state index is 12.9. The number of carbonyl (C=O) groups excluding carboxylic acids is 1. The molecule has 1 amide bonds. The number of carbonyl (C=O) groups is 1. The summed E-state index contributed by atoms with van der Waals surface area (Å²) in [5, 5.41) is 0. The Labute approximate surface area is 147 Å². The van der Waals surface area contributed by atoms with Crippen molar-refractivity contribution in [2.24, 2.45) is 5.92 Å². The third-order valence-electron chi connectivity index (χ3n) is 5.30. The molecule has 3 aliphatic heterocycles. The fraction of sp³-hybridized carbons (Fsp3) is 0.529. The van der Waals surface area contributed by atoms with Gasteiger partial charge >= 0.3 is 0 Å². The summed E-state index contributed by atoms with van der Waals surface area (Å²) in [4.78, 5) is 19.1. The van der Waals surface area contributed by atoms with Crippen LogP contribution in [0.3, 0.4) is 0 Å². The van der Waals surface area contributed by atoms with E-state index in [1.165, 1.54) is 10.6 Å². The monoisotopic (exact) mass is 362 g/mol. The van der Waals surface area contributed by atoms with Gasteiger partial charge in [-0.25, -0.2) is 13.4 Å². The summed E-state index contributed by atoms with van der Waals surface area (Å²) in [6.45, 7) is 1.58. The topological polar surface area (TPSA) is 75.0 Å². The molecule has 25 heavy (non-hydrogen) atoms. The van der Waals surface area contributed by atoms with Crippen LogP contribution in [0, 0.1) is 5.92 Å². The molecule has 0 N–H and O–H groups in total. The van der Waals surface area contributed by atoms with E-state index in [0.717, 1.165) is 24.2 Å². The number of pyridine rings is 1. The summed E-state index contributed by atoms with van der Waals surface area (Å²) in [5.74, 6) is 0.273. The molecule has 2 bridgehead atoms. The molecule has 2 aromatic rings. The van der Waals surface area contributed by atoms with Crippen LogP contribution in [0.5, 0.6) is 0 Å². The lowest BCUT2D eigenvalue weighted by atomic mass is 9.94. The Hall–Kier alpha value is -1.93. The van der Waals surface area contributed by atoms with E-state index in [0.29, 0.717) is 19.6 Å². The molecule has 0 aromatic carbocycles. The summed E-state index contributed by atoms with van der Waals surface area (Å²) in [6, 6.07) is 5.72. The molecule has 7 nitrogen and oxygen atoms in total. The molecule has 0 saturated carbocycles. The Balaban J connectivity index is 1.55. The predicted molar refractivity (Wildman–Crippen MR) is 93.5 cm³/mol. The number of aromatic nitrogens is 2. The molecule has 2 aromatic heterocycles. The zero-order valence-corrected chi connectivity index (χ0v) is 15.0. The van der Waals surface area contributed by atoms with Gasteiger partial charge in [-0.1, -0.05) is 6.07 Å². The Bertz CT molecular complexity index is 908. The second-order valence-electron chi connectivity index (χ2n) is 7.08. The summed E-state index contributed by atoms with van der Waals surface area (Å²) in [5.41, 5.74) is 1.69. The lowest BCUT2D eigenvalue weighted by Crippen LogP contribution is -2.48. The van der Waals surface area contributed by atoms with Crippen LogP contribution in [0.2, 0.25) is 0 Å². The first-order valence-electron chi connectivity index (χ1n) is 8.57. The Kier molecular flexibility index (Phi) is 4.04. The average molecular weight is 362 g/mol. The van der Waals surface area contributed by atoms with Crippen molar-refractivity contribution in [2.45, 2.75) is 25.3 Å². The van der Waals surface area contributed by atoms with Gasteiger partial charge in [0, 0.05) is 38.1 Å². The van der Waals surface area contributed by atoms with Crippen molar-refractivity contribution in [1.82, 2.24) is 18.6 Å². The van der Waals surface area contributed by atoms with Crippen LogP contribution in [-0.4, -0.2) is 64.8 Å². The van der Waals surface area contributed by atoms with Crippen molar-refractivity contribution in [3.63, 3.8) is 0 Å². The van der Waals surface area contributed by atoms with Gasteiger partial charge in [-0.05, 0) is 30.9 Å². The largest absolute Gasteiger partial charge is 0.338 e. The number of fused-ring (bicyclic) bond motifs is 5. The molecule has 0 aliphatic carbocycles. The first-order valence-corrected chi connectivity index (χ1v) is 10.4. The molecule has 2 atom stereocenters. The van der Waals surface area contributed by atoms with Crippen molar-refractivity contribution in [2.75, 3.05) is 25.9 Å². The molecule has 0 spiro atoms. The number of amides is 1. The van der Waals surface area contributed by atoms with Gasteiger partial charge in [-0.15, -0.1) is 0 Å². The molecule has 0 radical (unpaired) electrons. The molecular weight excluding hydrogens is 340 g/mol. The van der Waals surface area contributed by atoms with E-state index in [9.17, 15) is 13.2 Å². The van der Waals surface area contributed by atoms with Crippen LogP contribution >= 0.6 is 0 Å². The van der Waals surface area contributed by atoms with Crippen LogP contribution in [-0.2, 0) is 21.2 Å². The smallest absolute Gasteiger partial charge is 0.228 e. The fourth-order valence-corrected chi connectivity index (χ4v) is 4.91. The first-order chi connectivity index (χ1) is 11.9. The zero-order chi connectivity index (χ0) is 17.6. The summed E-state index contributed by atoms with van der Waals surface area (Å²) >= 11 is 0. The predicted octanol–water partition coefficient (Wildman–Crippen LogP) is 0.759. The second-order valence-corrected chi connectivity index (χ2v) is 9.06. The minimum absolute atomic E-state index is 0.0276. The molecule has 3 aliphatic rings. The highest BCUT2D eigenvalue weighted by molar-refractivity contribution is 7.88. The highest BCUT2D eigenvalue weighted by Gasteiger charge is 2.39. The summed E-state index contributed by atoms with van der Waals surface area (Å²) in [7, 11) is -3.22. The van der Waals surface area contributed by atoms with Gasteiger partial charge in [0.25, 0.3) is 0 Å². The lowest BCUT2D eigenvalue weighted by Gasteiger charge is -2.36. The normalized spacial score (nSPS) is 24.6. The van der Waals surface area contributed by atoms with E-state index in [2.05, 4.69) is 4.98 Å². The third-order valence-corrected chi connectivity index (χ3v) is 6.53. The maximum absolute atomic E-state index is 12.9. The Morgan fingerprint density at radius 3 is 2.88 bits per heavy atom. The molecule has 8 heteroatoms. The number of piperidine rings is 1. The van der Waals surface area contributed by atoms with Gasteiger partial charge in [0.05, 0.1) is 18.4 Å². The highest BCUT2D eigenvalue weighted by atomic mass is 32.2. The zero-order valence-electron chi connectivity index (χ0n) is 14.2. The number of sulfonamides is 1. The van der Waals surface area contributed by atoms with Gasteiger partial charge in [-0.2, -0.15) is 4.31 Å². The Morgan fingerprint density at radius 2 is 2.08 bits per heavy atom. The molecule has 5 rings (SSSR count). The number of imidazole rings is 1.